The van der Waals surface area contributed by atoms with Crippen molar-refractivity contribution in [2.45, 2.75) is 40.0 Å². The summed E-state index contributed by atoms with van der Waals surface area (Å²) in [6.45, 7) is 6.05. The van der Waals surface area contributed by atoms with Gasteiger partial charge in [0.2, 0.25) is 11.8 Å². The van der Waals surface area contributed by atoms with Crippen LogP contribution in [0, 0.1) is 6.92 Å². The Morgan fingerprint density at radius 3 is 2.37 bits per heavy atom. The van der Waals surface area contributed by atoms with E-state index in [4.69, 9.17) is 9.47 Å². The minimum Gasteiger partial charge on any atom is -0.496 e. The normalized spacial score (nSPS) is 11.2. The number of halogens is 3. The van der Waals surface area contributed by atoms with Crippen LogP contribution in [0.2, 0.25) is 0 Å². The number of aryl methyl sites for hydroxylation is 1. The average Bonchev–Trinajstić information content (AvgIpc) is 2.70. The smallest absolute Gasteiger partial charge is 0.496 e. The summed E-state index contributed by atoms with van der Waals surface area (Å²) in [4.78, 5) is 18.6. The molecule has 0 bridgehead atoms. The molecule has 0 spiro atoms. The number of anilines is 1. The summed E-state index contributed by atoms with van der Waals surface area (Å²) in [5.41, 5.74) is 2.19. The number of aromatic nitrogens is 1. The average molecular weight is 426 g/mol. The Kier molecular flexibility index (Phi) is 7.53. The maximum Gasteiger partial charge on any atom is 0.573 e. The minimum atomic E-state index is -4.81. The highest BCUT2D eigenvalue weighted by Crippen LogP contribution is 2.39. The largest absolute Gasteiger partial charge is 0.573 e. The van der Waals surface area contributed by atoms with E-state index in [1.807, 2.05) is 6.92 Å². The molecule has 1 aromatic heterocycles. The van der Waals surface area contributed by atoms with Gasteiger partial charge in [0.25, 0.3) is 0 Å². The van der Waals surface area contributed by atoms with Gasteiger partial charge in [0.05, 0.1) is 19.9 Å². The van der Waals surface area contributed by atoms with Crippen LogP contribution >= 0.6 is 0 Å². The highest BCUT2D eigenvalue weighted by atomic mass is 19.4. The molecular formula is C21H25F3N2O4. The highest BCUT2D eigenvalue weighted by Gasteiger charge is 2.31. The van der Waals surface area contributed by atoms with Gasteiger partial charge >= 0.3 is 6.36 Å². The van der Waals surface area contributed by atoms with Gasteiger partial charge in [-0.05, 0) is 37.1 Å². The summed E-state index contributed by atoms with van der Waals surface area (Å²) in [5, 5.41) is 0. The predicted molar refractivity (Wildman–Crippen MR) is 107 cm³/mol. The maximum absolute atomic E-state index is 12.5. The second-order valence-corrected chi connectivity index (χ2v) is 6.49. The van der Waals surface area contributed by atoms with Crippen molar-refractivity contribution in [2.75, 3.05) is 25.7 Å². The number of benzene rings is 1. The molecule has 6 nitrogen and oxygen atoms in total. The molecule has 164 valence electrons. The van der Waals surface area contributed by atoms with Crippen molar-refractivity contribution >= 4 is 11.6 Å². The molecule has 0 saturated heterocycles. The number of amides is 1. The number of pyridine rings is 1. The van der Waals surface area contributed by atoms with Crippen LogP contribution in [0.4, 0.5) is 18.9 Å². The minimum absolute atomic E-state index is 0.0599. The summed E-state index contributed by atoms with van der Waals surface area (Å²) in [6, 6.07) is 5.56. The van der Waals surface area contributed by atoms with Gasteiger partial charge in [0.15, 0.2) is 0 Å². The number of alkyl halides is 3. The van der Waals surface area contributed by atoms with Gasteiger partial charge < -0.3 is 19.1 Å². The van der Waals surface area contributed by atoms with Crippen LogP contribution in [0.25, 0.3) is 11.3 Å². The lowest BCUT2D eigenvalue weighted by molar-refractivity contribution is -0.274. The molecule has 1 aromatic carbocycles. The van der Waals surface area contributed by atoms with E-state index in [2.05, 4.69) is 9.72 Å². The molecule has 1 amide bonds. The van der Waals surface area contributed by atoms with Crippen molar-refractivity contribution in [3.05, 3.63) is 29.8 Å². The van der Waals surface area contributed by atoms with Crippen molar-refractivity contribution in [2.24, 2.45) is 0 Å². The predicted octanol–water partition coefficient (Wildman–Crippen LogP) is 5.13. The molecule has 2 aromatic rings. The first-order chi connectivity index (χ1) is 14.1. The Morgan fingerprint density at radius 2 is 1.83 bits per heavy atom. The number of hydrogen-bond donors (Lipinski definition) is 0. The fourth-order valence-corrected chi connectivity index (χ4v) is 3.06. The molecule has 0 fully saturated rings. The van der Waals surface area contributed by atoms with E-state index in [0.29, 0.717) is 35.5 Å². The SMILES string of the molecule is CCCN(C(=O)CC)c1cc(C)c(-c2ccc(OC(F)(F)F)cc2OC)nc1OC. The fraction of sp³-hybridized carbons (Fsp3) is 0.429. The third-order valence-electron chi connectivity index (χ3n) is 4.36. The van der Waals surface area contributed by atoms with Gasteiger partial charge in [0.1, 0.15) is 17.2 Å². The topological polar surface area (TPSA) is 60.9 Å². The standard InChI is InChI=1S/C21H25F3N2O4/c1-6-10-26(18(27)7-2)16-11-13(3)19(25-20(16)29-5)15-9-8-14(12-17(15)28-4)30-21(22,23)24/h8-9,11-12H,6-7,10H2,1-5H3. The first kappa shape index (κ1) is 23.3. The lowest BCUT2D eigenvalue weighted by Crippen LogP contribution is -2.31. The van der Waals surface area contributed by atoms with E-state index >= 15 is 0 Å². The van der Waals surface area contributed by atoms with Gasteiger partial charge in [-0.25, -0.2) is 4.98 Å². The van der Waals surface area contributed by atoms with Crippen LogP contribution in [-0.4, -0.2) is 38.0 Å². The van der Waals surface area contributed by atoms with Crippen LogP contribution in [0.1, 0.15) is 32.3 Å². The molecule has 2 rings (SSSR count). The molecule has 0 N–H and O–H groups in total. The van der Waals surface area contributed by atoms with Crippen molar-refractivity contribution < 1.29 is 32.2 Å². The Morgan fingerprint density at radius 1 is 1.13 bits per heavy atom. The van der Waals surface area contributed by atoms with Gasteiger partial charge in [0, 0.05) is 24.6 Å². The molecule has 30 heavy (non-hydrogen) atoms. The summed E-state index contributed by atoms with van der Waals surface area (Å²) < 4.78 is 52.2. The van der Waals surface area contributed by atoms with Gasteiger partial charge in [-0.1, -0.05) is 13.8 Å². The fourth-order valence-electron chi connectivity index (χ4n) is 3.06. The molecule has 0 aliphatic rings. The second-order valence-electron chi connectivity index (χ2n) is 6.49. The van der Waals surface area contributed by atoms with E-state index in [1.54, 1.807) is 24.8 Å². The maximum atomic E-state index is 12.5. The van der Waals surface area contributed by atoms with Gasteiger partial charge in [-0.3, -0.25) is 4.79 Å². The van der Waals surface area contributed by atoms with Gasteiger partial charge in [-0.2, -0.15) is 0 Å². The third kappa shape index (κ3) is 5.34. The molecule has 0 aliphatic carbocycles. The van der Waals surface area contributed by atoms with Crippen LogP contribution < -0.4 is 19.1 Å². The highest BCUT2D eigenvalue weighted by molar-refractivity contribution is 5.95. The number of rotatable bonds is 8. The zero-order valence-corrected chi connectivity index (χ0v) is 17.6. The second kappa shape index (κ2) is 9.69. The summed E-state index contributed by atoms with van der Waals surface area (Å²) >= 11 is 0. The number of methoxy groups -OCH3 is 2. The molecule has 1 heterocycles. The number of nitrogens with zero attached hydrogens (tertiary/aromatic N) is 2. The van der Waals surface area contributed by atoms with E-state index in [9.17, 15) is 18.0 Å². The van der Waals surface area contributed by atoms with Crippen molar-refractivity contribution in [1.82, 2.24) is 4.98 Å². The number of ether oxygens (including phenoxy) is 3. The van der Waals surface area contributed by atoms with E-state index in [1.165, 1.54) is 26.4 Å². The van der Waals surface area contributed by atoms with E-state index in [0.717, 1.165) is 12.5 Å². The summed E-state index contributed by atoms with van der Waals surface area (Å²) in [6.07, 6.45) is -3.72. The zero-order valence-electron chi connectivity index (χ0n) is 17.6. The molecule has 0 aliphatic heterocycles. The third-order valence-corrected chi connectivity index (χ3v) is 4.36. The van der Waals surface area contributed by atoms with Crippen molar-refractivity contribution in [1.29, 1.82) is 0 Å². The summed E-state index contributed by atoms with van der Waals surface area (Å²) in [7, 11) is 2.79. The summed E-state index contributed by atoms with van der Waals surface area (Å²) in [5.74, 6) is -0.0527. The monoisotopic (exact) mass is 426 g/mol. The zero-order chi connectivity index (χ0) is 22.5. The van der Waals surface area contributed by atoms with Crippen molar-refractivity contribution in [3.8, 4) is 28.6 Å². The van der Waals surface area contributed by atoms with Crippen molar-refractivity contribution in [3.63, 3.8) is 0 Å². The quantitative estimate of drug-likeness (QED) is 0.586. The van der Waals surface area contributed by atoms with E-state index < -0.39 is 12.1 Å². The van der Waals surface area contributed by atoms with Gasteiger partial charge in [-0.15, -0.1) is 13.2 Å². The Bertz CT molecular complexity index is 901. The lowest BCUT2D eigenvalue weighted by Gasteiger charge is -2.24. The first-order valence-corrected chi connectivity index (χ1v) is 9.45. The number of carbonyl (C=O) groups is 1. The van der Waals surface area contributed by atoms with Crippen LogP contribution in [0.3, 0.4) is 0 Å². The lowest BCUT2D eigenvalue weighted by atomic mass is 10.0. The molecule has 9 heteroatoms. The molecule has 0 unspecified atom stereocenters. The molecule has 0 saturated carbocycles. The number of hydrogen-bond acceptors (Lipinski definition) is 5. The molecule has 0 radical (unpaired) electrons. The number of carbonyl (C=O) groups excluding carboxylic acids is 1. The molecule has 0 atom stereocenters. The molecular weight excluding hydrogens is 401 g/mol. The Hall–Kier alpha value is -2.97. The van der Waals surface area contributed by atoms with E-state index in [-0.39, 0.29) is 17.5 Å². The van der Waals surface area contributed by atoms with Crippen LogP contribution in [0.15, 0.2) is 24.3 Å². The van der Waals surface area contributed by atoms with Crippen LogP contribution in [0.5, 0.6) is 17.4 Å². The Balaban J connectivity index is 2.57. The Labute approximate surface area is 173 Å². The first-order valence-electron chi connectivity index (χ1n) is 9.45. The van der Waals surface area contributed by atoms with Crippen LogP contribution in [-0.2, 0) is 4.79 Å².